The van der Waals surface area contributed by atoms with Crippen molar-refractivity contribution in [1.29, 1.82) is 0 Å². The van der Waals surface area contributed by atoms with Crippen LogP contribution in [0, 0.1) is 6.92 Å². The quantitative estimate of drug-likeness (QED) is 0.373. The van der Waals surface area contributed by atoms with Gasteiger partial charge in [0.25, 0.3) is 10.0 Å². The van der Waals surface area contributed by atoms with Gasteiger partial charge in [-0.25, -0.2) is 13.4 Å². The number of rotatable bonds is 6. The predicted octanol–water partition coefficient (Wildman–Crippen LogP) is 4.91. The normalized spacial score (nSPS) is 12.6. The lowest BCUT2D eigenvalue weighted by Crippen LogP contribution is -2.18. The molecule has 0 amide bonds. The summed E-state index contributed by atoms with van der Waals surface area (Å²) < 4.78 is 30.6. The highest BCUT2D eigenvalue weighted by Gasteiger charge is 2.18. The van der Waals surface area contributed by atoms with Crippen molar-refractivity contribution >= 4 is 67.9 Å². The van der Waals surface area contributed by atoms with Crippen LogP contribution in [0.4, 0.5) is 11.4 Å². The maximum Gasteiger partial charge on any atom is 0.261 e. The van der Waals surface area contributed by atoms with E-state index in [1.165, 1.54) is 23.1 Å². The van der Waals surface area contributed by atoms with Gasteiger partial charge in [-0.1, -0.05) is 72.5 Å². The van der Waals surface area contributed by atoms with Gasteiger partial charge in [-0.3, -0.25) is 4.72 Å². The molecule has 0 saturated carbocycles. The van der Waals surface area contributed by atoms with Gasteiger partial charge in [0.1, 0.15) is 0 Å². The van der Waals surface area contributed by atoms with Crippen LogP contribution in [0.1, 0.15) is 12.5 Å². The Kier molecular flexibility index (Phi) is 6.60. The van der Waals surface area contributed by atoms with Crippen LogP contribution >= 0.6 is 23.1 Å². The number of aromatic nitrogens is 1. The highest BCUT2D eigenvalue weighted by molar-refractivity contribution is 8.01. The van der Waals surface area contributed by atoms with Crippen LogP contribution in [-0.2, 0) is 10.0 Å². The number of aryl methyl sites for hydroxylation is 1. The first-order chi connectivity index (χ1) is 15.8. The number of sulfonamides is 1. The van der Waals surface area contributed by atoms with E-state index in [2.05, 4.69) is 16.3 Å². The largest absolute Gasteiger partial charge is 0.397 e. The molecule has 168 valence electrons. The SMILES string of the molecule is C=c1sc(Sc2cc(NS(=O)(=O)c3ccc(C)cc3)c3ccccc3c2N)n/c1=C/C=C\C. The zero-order valence-corrected chi connectivity index (χ0v) is 20.7. The number of anilines is 2. The third kappa shape index (κ3) is 4.98. The van der Waals surface area contributed by atoms with E-state index < -0.39 is 10.0 Å². The Morgan fingerprint density at radius 3 is 2.52 bits per heavy atom. The molecule has 1 aromatic heterocycles. The van der Waals surface area contributed by atoms with Crippen molar-refractivity contribution in [1.82, 2.24) is 4.98 Å². The van der Waals surface area contributed by atoms with Crippen LogP contribution in [0.3, 0.4) is 0 Å². The van der Waals surface area contributed by atoms with E-state index in [9.17, 15) is 8.42 Å². The van der Waals surface area contributed by atoms with Crippen LogP contribution in [0.25, 0.3) is 23.4 Å². The van der Waals surface area contributed by atoms with Crippen molar-refractivity contribution < 1.29 is 8.42 Å². The monoisotopic (exact) mass is 493 g/mol. The summed E-state index contributed by atoms with van der Waals surface area (Å²) in [6, 6.07) is 16.0. The molecule has 0 radical (unpaired) electrons. The Balaban J connectivity index is 1.79. The fraction of sp³-hybridized carbons (Fsp3) is 0.0800. The summed E-state index contributed by atoms with van der Waals surface area (Å²) in [4.78, 5) is 5.57. The Morgan fingerprint density at radius 2 is 1.82 bits per heavy atom. The lowest BCUT2D eigenvalue weighted by Gasteiger charge is -2.15. The molecule has 0 bridgehead atoms. The zero-order valence-electron chi connectivity index (χ0n) is 18.2. The fourth-order valence-electron chi connectivity index (χ4n) is 3.26. The number of allylic oxidation sites excluding steroid dienone is 2. The Hall–Kier alpha value is -3.07. The third-order valence-electron chi connectivity index (χ3n) is 4.98. The minimum Gasteiger partial charge on any atom is -0.397 e. The second-order valence-corrected chi connectivity index (χ2v) is 11.4. The van der Waals surface area contributed by atoms with E-state index in [0.29, 0.717) is 11.4 Å². The lowest BCUT2D eigenvalue weighted by molar-refractivity contribution is 0.601. The van der Waals surface area contributed by atoms with Gasteiger partial charge < -0.3 is 5.73 Å². The molecule has 4 rings (SSSR count). The highest BCUT2D eigenvalue weighted by atomic mass is 32.2. The van der Waals surface area contributed by atoms with Gasteiger partial charge in [0.15, 0.2) is 4.34 Å². The van der Waals surface area contributed by atoms with Gasteiger partial charge in [0, 0.05) is 20.2 Å². The van der Waals surface area contributed by atoms with Crippen LogP contribution in [0.5, 0.6) is 0 Å². The molecule has 0 aliphatic heterocycles. The molecule has 0 spiro atoms. The molecule has 4 aromatic rings. The number of thiazole rings is 1. The summed E-state index contributed by atoms with van der Waals surface area (Å²) in [5.74, 6) is 0. The number of nitrogens with one attached hydrogen (secondary N) is 1. The van der Waals surface area contributed by atoms with E-state index in [0.717, 1.165) is 35.5 Å². The zero-order chi connectivity index (χ0) is 23.6. The lowest BCUT2D eigenvalue weighted by atomic mass is 10.1. The van der Waals surface area contributed by atoms with Crippen molar-refractivity contribution in [3.8, 4) is 0 Å². The number of nitrogens with two attached hydrogens (primary N) is 1. The number of benzene rings is 3. The second-order valence-electron chi connectivity index (χ2n) is 7.38. The number of hydrogen-bond acceptors (Lipinski definition) is 6. The fourth-order valence-corrected chi connectivity index (χ4v) is 6.37. The maximum atomic E-state index is 13.1. The number of fused-ring (bicyclic) bond motifs is 1. The van der Waals surface area contributed by atoms with Crippen LogP contribution in [0.2, 0.25) is 0 Å². The topological polar surface area (TPSA) is 85.1 Å². The average molecular weight is 494 g/mol. The molecule has 33 heavy (non-hydrogen) atoms. The molecule has 5 nitrogen and oxygen atoms in total. The second kappa shape index (κ2) is 9.43. The molecule has 1 heterocycles. The highest BCUT2D eigenvalue weighted by Crippen LogP contribution is 2.40. The van der Waals surface area contributed by atoms with Crippen LogP contribution in [0.15, 0.2) is 80.9 Å². The molecule has 0 aliphatic rings. The molecular formula is C25H23N3O2S3. The molecular weight excluding hydrogens is 470 g/mol. The molecule has 8 heteroatoms. The maximum absolute atomic E-state index is 13.1. The Bertz CT molecular complexity index is 1570. The molecule has 3 aromatic carbocycles. The Labute approximate surface area is 201 Å². The van der Waals surface area contributed by atoms with E-state index in [-0.39, 0.29) is 4.90 Å². The molecule has 0 atom stereocenters. The third-order valence-corrected chi connectivity index (χ3v) is 8.40. The van der Waals surface area contributed by atoms with Gasteiger partial charge in [-0.15, -0.1) is 11.3 Å². The van der Waals surface area contributed by atoms with E-state index in [1.54, 1.807) is 30.3 Å². The smallest absolute Gasteiger partial charge is 0.261 e. The van der Waals surface area contributed by atoms with Crippen molar-refractivity contribution in [2.75, 3.05) is 10.5 Å². The van der Waals surface area contributed by atoms with Crippen molar-refractivity contribution in [2.24, 2.45) is 0 Å². The average Bonchev–Trinajstić information content (AvgIpc) is 3.14. The summed E-state index contributed by atoms with van der Waals surface area (Å²) in [5, 5.41) is 2.31. The summed E-state index contributed by atoms with van der Waals surface area (Å²) >= 11 is 2.87. The van der Waals surface area contributed by atoms with Gasteiger partial charge in [-0.2, -0.15) is 0 Å². The van der Waals surface area contributed by atoms with Crippen molar-refractivity contribution in [2.45, 2.75) is 28.0 Å². The van der Waals surface area contributed by atoms with E-state index in [1.807, 2.05) is 56.3 Å². The first-order valence-corrected chi connectivity index (χ1v) is 13.3. The predicted molar refractivity (Wildman–Crippen MR) is 141 cm³/mol. The summed E-state index contributed by atoms with van der Waals surface area (Å²) in [6.45, 7) is 7.92. The van der Waals surface area contributed by atoms with Gasteiger partial charge in [0.2, 0.25) is 0 Å². The summed E-state index contributed by atoms with van der Waals surface area (Å²) in [6.07, 6.45) is 5.76. The van der Waals surface area contributed by atoms with E-state index in [4.69, 9.17) is 5.73 Å². The standard InChI is InChI=1S/C25H23N3O2S3/c1-4-5-10-21-17(3)31-25(27-21)32-23-15-22(19-8-6-7-9-20(19)24(23)26)28-33(29,30)18-13-11-16(2)12-14-18/h4-15,28H,3,26H2,1-2H3/b5-4-,21-10+. The first kappa shape index (κ1) is 23.1. The Morgan fingerprint density at radius 1 is 1.12 bits per heavy atom. The van der Waals surface area contributed by atoms with Gasteiger partial charge in [-0.05, 0) is 38.1 Å². The van der Waals surface area contributed by atoms with Crippen LogP contribution in [-0.4, -0.2) is 13.4 Å². The summed E-state index contributed by atoms with van der Waals surface area (Å²) in [7, 11) is -3.77. The molecule has 0 fully saturated rings. The number of nitrogen functional groups attached to an aromatic ring is 1. The van der Waals surface area contributed by atoms with Crippen molar-refractivity contribution in [3.05, 3.63) is 82.2 Å². The van der Waals surface area contributed by atoms with Gasteiger partial charge in [0.05, 0.1) is 21.6 Å². The number of hydrogen-bond donors (Lipinski definition) is 2. The van der Waals surface area contributed by atoms with E-state index >= 15 is 0 Å². The minimum absolute atomic E-state index is 0.203. The number of nitrogens with zero attached hydrogens (tertiary/aromatic N) is 1. The minimum atomic E-state index is -3.77. The molecule has 0 aliphatic carbocycles. The van der Waals surface area contributed by atoms with Gasteiger partial charge >= 0.3 is 0 Å². The van der Waals surface area contributed by atoms with Crippen LogP contribution < -0.4 is 20.3 Å². The van der Waals surface area contributed by atoms with Crippen molar-refractivity contribution in [3.63, 3.8) is 0 Å². The molecule has 3 N–H and O–H groups in total. The first-order valence-electron chi connectivity index (χ1n) is 10.2. The molecule has 0 saturated heterocycles. The molecule has 0 unspecified atom stereocenters. The summed E-state index contributed by atoms with van der Waals surface area (Å²) in [5.41, 5.74) is 8.53.